The van der Waals surface area contributed by atoms with Crippen molar-refractivity contribution >= 4 is 11.8 Å². The van der Waals surface area contributed by atoms with Crippen LogP contribution in [-0.4, -0.2) is 48.4 Å². The molecule has 6 nitrogen and oxygen atoms in total. The van der Waals surface area contributed by atoms with Crippen LogP contribution < -0.4 is 10.6 Å². The molecule has 0 spiro atoms. The van der Waals surface area contributed by atoms with E-state index in [1.807, 2.05) is 13.8 Å². The van der Waals surface area contributed by atoms with Gasteiger partial charge in [-0.15, -0.1) is 0 Å². The summed E-state index contributed by atoms with van der Waals surface area (Å²) in [7, 11) is 0. The zero-order valence-electron chi connectivity index (χ0n) is 12.4. The Morgan fingerprint density at radius 1 is 1.20 bits per heavy atom. The van der Waals surface area contributed by atoms with E-state index in [4.69, 9.17) is 0 Å². The Labute approximate surface area is 120 Å². The van der Waals surface area contributed by atoms with E-state index in [2.05, 4.69) is 16.7 Å². The van der Waals surface area contributed by atoms with Crippen molar-refractivity contribution < 1.29 is 9.59 Å². The van der Waals surface area contributed by atoms with Crippen LogP contribution >= 0.6 is 0 Å². The molecule has 0 bridgehead atoms. The quantitative estimate of drug-likeness (QED) is 0.707. The summed E-state index contributed by atoms with van der Waals surface area (Å²) in [5.74, 6) is -0.266. The van der Waals surface area contributed by atoms with Gasteiger partial charge in [-0.25, -0.2) is 0 Å². The second kappa shape index (κ2) is 7.85. The highest BCUT2D eigenvalue weighted by atomic mass is 16.2. The summed E-state index contributed by atoms with van der Waals surface area (Å²) < 4.78 is 0. The maximum absolute atomic E-state index is 12.0. The van der Waals surface area contributed by atoms with Crippen LogP contribution in [-0.2, 0) is 9.59 Å². The number of carbonyl (C=O) groups is 2. The lowest BCUT2D eigenvalue weighted by molar-refractivity contribution is -0.125. The molecule has 6 heteroatoms. The highest BCUT2D eigenvalue weighted by molar-refractivity contribution is 5.81. The van der Waals surface area contributed by atoms with Gasteiger partial charge in [0.15, 0.2) is 0 Å². The SMILES string of the molecule is CCNC(=O)CN(CC)CC(=O)NC1(C#N)CCCC1. The summed E-state index contributed by atoms with van der Waals surface area (Å²) >= 11 is 0. The lowest BCUT2D eigenvalue weighted by Crippen LogP contribution is -2.50. The summed E-state index contributed by atoms with van der Waals surface area (Å²) in [6.45, 7) is 5.32. The molecule has 1 aliphatic carbocycles. The van der Waals surface area contributed by atoms with Crippen LogP contribution in [0.1, 0.15) is 39.5 Å². The van der Waals surface area contributed by atoms with E-state index in [0.29, 0.717) is 13.1 Å². The van der Waals surface area contributed by atoms with Gasteiger partial charge in [-0.05, 0) is 39.2 Å². The monoisotopic (exact) mass is 280 g/mol. The number of nitriles is 1. The van der Waals surface area contributed by atoms with Crippen LogP contribution in [0.15, 0.2) is 0 Å². The molecular formula is C14H24N4O2. The molecule has 0 atom stereocenters. The summed E-state index contributed by atoms with van der Waals surface area (Å²) in [5, 5.41) is 14.8. The van der Waals surface area contributed by atoms with Gasteiger partial charge in [-0.1, -0.05) is 6.92 Å². The molecule has 0 aromatic heterocycles. The molecule has 2 amide bonds. The molecule has 0 unspecified atom stereocenters. The molecule has 1 rings (SSSR count). The first-order valence-electron chi connectivity index (χ1n) is 7.26. The molecule has 1 saturated carbocycles. The van der Waals surface area contributed by atoms with E-state index in [-0.39, 0.29) is 24.9 Å². The van der Waals surface area contributed by atoms with Crippen molar-refractivity contribution in [2.45, 2.75) is 45.1 Å². The van der Waals surface area contributed by atoms with Crippen molar-refractivity contribution in [3.8, 4) is 6.07 Å². The Morgan fingerprint density at radius 3 is 2.30 bits per heavy atom. The maximum Gasteiger partial charge on any atom is 0.235 e. The molecule has 112 valence electrons. The second-order valence-electron chi connectivity index (χ2n) is 5.21. The van der Waals surface area contributed by atoms with Gasteiger partial charge in [0.05, 0.1) is 19.2 Å². The lowest BCUT2D eigenvalue weighted by Gasteiger charge is -2.25. The topological polar surface area (TPSA) is 85.2 Å². The minimum atomic E-state index is -0.692. The zero-order chi connectivity index (χ0) is 15.0. The highest BCUT2D eigenvalue weighted by Gasteiger charge is 2.35. The molecule has 0 heterocycles. The van der Waals surface area contributed by atoms with Crippen LogP contribution in [0.3, 0.4) is 0 Å². The van der Waals surface area contributed by atoms with Gasteiger partial charge in [0.2, 0.25) is 11.8 Å². The zero-order valence-corrected chi connectivity index (χ0v) is 12.4. The molecule has 0 saturated heterocycles. The van der Waals surface area contributed by atoms with Gasteiger partial charge in [-0.2, -0.15) is 5.26 Å². The van der Waals surface area contributed by atoms with Crippen LogP contribution in [0.25, 0.3) is 0 Å². The van der Waals surface area contributed by atoms with Gasteiger partial charge < -0.3 is 10.6 Å². The van der Waals surface area contributed by atoms with Crippen molar-refractivity contribution in [3.63, 3.8) is 0 Å². The Bertz CT molecular complexity index is 383. The third kappa shape index (κ3) is 4.82. The number of hydrogen-bond donors (Lipinski definition) is 2. The smallest absolute Gasteiger partial charge is 0.235 e. The van der Waals surface area contributed by atoms with E-state index >= 15 is 0 Å². The van der Waals surface area contributed by atoms with Gasteiger partial charge in [-0.3, -0.25) is 14.5 Å². The van der Waals surface area contributed by atoms with Gasteiger partial charge >= 0.3 is 0 Å². The summed E-state index contributed by atoms with van der Waals surface area (Å²) in [4.78, 5) is 25.3. The number of nitrogens with zero attached hydrogens (tertiary/aromatic N) is 2. The number of hydrogen-bond acceptors (Lipinski definition) is 4. The number of nitrogens with one attached hydrogen (secondary N) is 2. The summed E-state index contributed by atoms with van der Waals surface area (Å²) in [6, 6.07) is 2.23. The highest BCUT2D eigenvalue weighted by Crippen LogP contribution is 2.28. The first-order chi connectivity index (χ1) is 9.55. The van der Waals surface area contributed by atoms with Crippen molar-refractivity contribution in [1.29, 1.82) is 5.26 Å². The summed E-state index contributed by atoms with van der Waals surface area (Å²) in [6.07, 6.45) is 3.39. The van der Waals surface area contributed by atoms with E-state index in [0.717, 1.165) is 25.7 Å². The summed E-state index contributed by atoms with van der Waals surface area (Å²) in [5.41, 5.74) is -0.692. The molecule has 0 aromatic carbocycles. The third-order valence-electron chi connectivity index (χ3n) is 3.61. The van der Waals surface area contributed by atoms with Gasteiger partial charge in [0.25, 0.3) is 0 Å². The average Bonchev–Trinajstić information content (AvgIpc) is 2.87. The van der Waals surface area contributed by atoms with Crippen LogP contribution in [0.4, 0.5) is 0 Å². The molecule has 1 aliphatic rings. The van der Waals surface area contributed by atoms with Crippen molar-refractivity contribution in [1.82, 2.24) is 15.5 Å². The van der Waals surface area contributed by atoms with E-state index < -0.39 is 5.54 Å². The van der Waals surface area contributed by atoms with Gasteiger partial charge in [0, 0.05) is 6.54 Å². The van der Waals surface area contributed by atoms with Crippen molar-refractivity contribution in [2.75, 3.05) is 26.2 Å². The van der Waals surface area contributed by atoms with Gasteiger partial charge in [0.1, 0.15) is 5.54 Å². The number of carbonyl (C=O) groups excluding carboxylic acids is 2. The maximum atomic E-state index is 12.0. The number of likely N-dealkylation sites (N-methyl/N-ethyl adjacent to an activating group) is 2. The fourth-order valence-electron chi connectivity index (χ4n) is 2.49. The molecular weight excluding hydrogens is 256 g/mol. The van der Waals surface area contributed by atoms with E-state index in [9.17, 15) is 14.9 Å². The third-order valence-corrected chi connectivity index (χ3v) is 3.61. The van der Waals surface area contributed by atoms with E-state index in [1.54, 1.807) is 4.90 Å². The lowest BCUT2D eigenvalue weighted by atomic mass is 10.00. The normalized spacial score (nSPS) is 16.7. The Morgan fingerprint density at radius 2 is 1.80 bits per heavy atom. The minimum Gasteiger partial charge on any atom is -0.355 e. The second-order valence-corrected chi connectivity index (χ2v) is 5.21. The van der Waals surface area contributed by atoms with Crippen LogP contribution in [0.2, 0.25) is 0 Å². The largest absolute Gasteiger partial charge is 0.355 e. The van der Waals surface area contributed by atoms with Crippen LogP contribution in [0, 0.1) is 11.3 Å². The van der Waals surface area contributed by atoms with Crippen molar-refractivity contribution in [3.05, 3.63) is 0 Å². The molecule has 0 aromatic rings. The number of amides is 2. The molecule has 2 N–H and O–H groups in total. The average molecular weight is 280 g/mol. The Kier molecular flexibility index (Phi) is 6.46. The standard InChI is InChI=1S/C14H24N4O2/c1-3-16-12(19)9-18(4-2)10-13(20)17-14(11-15)7-5-6-8-14/h3-10H2,1-2H3,(H,16,19)(H,17,20). The number of rotatable bonds is 7. The first-order valence-corrected chi connectivity index (χ1v) is 7.26. The molecule has 0 aliphatic heterocycles. The fraction of sp³-hybridized carbons (Fsp3) is 0.786. The fourth-order valence-corrected chi connectivity index (χ4v) is 2.49. The van der Waals surface area contributed by atoms with E-state index in [1.165, 1.54) is 0 Å². The van der Waals surface area contributed by atoms with Crippen molar-refractivity contribution in [2.24, 2.45) is 0 Å². The Balaban J connectivity index is 2.47. The molecule has 20 heavy (non-hydrogen) atoms. The predicted octanol–water partition coefficient (Wildman–Crippen LogP) is 0.397. The molecule has 0 radical (unpaired) electrons. The minimum absolute atomic E-state index is 0.0852. The van der Waals surface area contributed by atoms with Crippen LogP contribution in [0.5, 0.6) is 0 Å². The first kappa shape index (κ1) is 16.4. The Hall–Kier alpha value is -1.61. The molecule has 1 fully saturated rings. The predicted molar refractivity (Wildman–Crippen MR) is 75.8 cm³/mol.